The quantitative estimate of drug-likeness (QED) is 0.392. The van der Waals surface area contributed by atoms with Gasteiger partial charge in [0.1, 0.15) is 11.5 Å². The van der Waals surface area contributed by atoms with Gasteiger partial charge in [0.15, 0.2) is 0 Å². The molecule has 0 aromatic heterocycles. The molecule has 7 heteroatoms. The molecule has 0 unspecified atom stereocenters. The molecule has 6 nitrogen and oxygen atoms in total. The number of hydrogen-bond acceptors (Lipinski definition) is 4. The van der Waals surface area contributed by atoms with Crippen molar-refractivity contribution >= 4 is 34.8 Å². The Balaban J connectivity index is 1.63. The summed E-state index contributed by atoms with van der Waals surface area (Å²) < 4.78 is 11.6. The first kappa shape index (κ1) is 23.6. The zero-order valence-corrected chi connectivity index (χ0v) is 19.9. The molecular formula is C27H27ClN2O4. The normalized spacial score (nSPS) is 13.6. The van der Waals surface area contributed by atoms with Gasteiger partial charge in [-0.2, -0.15) is 0 Å². The summed E-state index contributed by atoms with van der Waals surface area (Å²) in [6.45, 7) is 4.51. The van der Waals surface area contributed by atoms with E-state index < -0.39 is 5.41 Å². The molecule has 1 fully saturated rings. The van der Waals surface area contributed by atoms with E-state index in [1.807, 2.05) is 32.0 Å². The van der Waals surface area contributed by atoms with E-state index in [-0.39, 0.29) is 11.8 Å². The third-order valence-electron chi connectivity index (χ3n) is 5.80. The summed E-state index contributed by atoms with van der Waals surface area (Å²) in [6, 6.07) is 19.7. The lowest BCUT2D eigenvalue weighted by molar-refractivity contribution is -0.118. The molecule has 2 amide bonds. The lowest BCUT2D eigenvalue weighted by atomic mass is 9.95. The summed E-state index contributed by atoms with van der Waals surface area (Å²) in [5, 5.41) is 6.56. The van der Waals surface area contributed by atoms with Crippen molar-refractivity contribution in [2.75, 3.05) is 23.8 Å². The van der Waals surface area contributed by atoms with Crippen LogP contribution in [-0.2, 0) is 10.2 Å². The molecular weight excluding hydrogens is 452 g/mol. The first-order valence-electron chi connectivity index (χ1n) is 11.3. The Hall–Kier alpha value is -3.51. The van der Waals surface area contributed by atoms with Crippen molar-refractivity contribution in [3.05, 3.63) is 82.9 Å². The first-order valence-corrected chi connectivity index (χ1v) is 11.7. The zero-order valence-electron chi connectivity index (χ0n) is 19.2. The van der Waals surface area contributed by atoms with Crippen LogP contribution >= 0.6 is 11.6 Å². The van der Waals surface area contributed by atoms with Gasteiger partial charge in [0.05, 0.1) is 30.0 Å². The number of amides is 2. The number of carbonyl (C=O) groups is 2. The van der Waals surface area contributed by atoms with Gasteiger partial charge in [-0.3, -0.25) is 9.59 Å². The Morgan fingerprint density at radius 3 is 1.94 bits per heavy atom. The van der Waals surface area contributed by atoms with Gasteiger partial charge < -0.3 is 20.1 Å². The maximum atomic E-state index is 13.3. The Labute approximate surface area is 204 Å². The van der Waals surface area contributed by atoms with Crippen molar-refractivity contribution in [3.63, 3.8) is 0 Å². The van der Waals surface area contributed by atoms with E-state index in [1.54, 1.807) is 48.5 Å². The fraction of sp³-hybridized carbons (Fsp3) is 0.259. The average molecular weight is 479 g/mol. The summed E-state index contributed by atoms with van der Waals surface area (Å²) in [6.07, 6.45) is 1.52. The topological polar surface area (TPSA) is 76.7 Å². The van der Waals surface area contributed by atoms with Crippen LogP contribution in [0.5, 0.6) is 11.5 Å². The summed E-state index contributed by atoms with van der Waals surface area (Å²) in [5.41, 5.74) is 1.84. The van der Waals surface area contributed by atoms with Gasteiger partial charge >= 0.3 is 0 Å². The van der Waals surface area contributed by atoms with Crippen molar-refractivity contribution < 1.29 is 19.1 Å². The Morgan fingerprint density at radius 2 is 1.41 bits per heavy atom. The van der Waals surface area contributed by atoms with Crippen LogP contribution in [0.2, 0.25) is 5.02 Å². The highest BCUT2D eigenvalue weighted by atomic mass is 35.5. The van der Waals surface area contributed by atoms with Crippen LogP contribution < -0.4 is 20.1 Å². The molecule has 1 aliphatic carbocycles. The van der Waals surface area contributed by atoms with E-state index >= 15 is 0 Å². The molecule has 3 aromatic rings. The minimum Gasteiger partial charge on any atom is -0.492 e. The minimum atomic E-state index is -0.583. The zero-order chi connectivity index (χ0) is 24.1. The maximum absolute atomic E-state index is 13.3. The SMILES string of the molecule is CCOc1cc(NC(=O)C2(c3ccc(Cl)cc3)CC2)c(OCC)cc1NC(=O)c1ccccc1. The second kappa shape index (κ2) is 10.2. The molecule has 34 heavy (non-hydrogen) atoms. The average Bonchev–Trinajstić information content (AvgIpc) is 3.65. The van der Waals surface area contributed by atoms with Gasteiger partial charge in [0.25, 0.3) is 5.91 Å². The van der Waals surface area contributed by atoms with Crippen LogP contribution in [0.25, 0.3) is 0 Å². The predicted molar refractivity (Wildman–Crippen MR) is 134 cm³/mol. The summed E-state index contributed by atoms with van der Waals surface area (Å²) >= 11 is 6.02. The molecule has 176 valence electrons. The lowest BCUT2D eigenvalue weighted by Crippen LogP contribution is -2.28. The molecule has 1 saturated carbocycles. The van der Waals surface area contributed by atoms with E-state index in [9.17, 15) is 9.59 Å². The van der Waals surface area contributed by atoms with Crippen molar-refractivity contribution in [2.45, 2.75) is 32.1 Å². The van der Waals surface area contributed by atoms with Gasteiger partial charge in [-0.15, -0.1) is 0 Å². The highest BCUT2D eigenvalue weighted by Gasteiger charge is 2.51. The number of carbonyl (C=O) groups excluding carboxylic acids is 2. The van der Waals surface area contributed by atoms with Crippen molar-refractivity contribution in [2.24, 2.45) is 0 Å². The van der Waals surface area contributed by atoms with E-state index in [0.717, 1.165) is 18.4 Å². The molecule has 0 radical (unpaired) electrons. The second-order valence-corrected chi connectivity index (χ2v) is 8.51. The molecule has 0 heterocycles. The van der Waals surface area contributed by atoms with Gasteiger partial charge in [-0.25, -0.2) is 0 Å². The molecule has 0 aliphatic heterocycles. The van der Waals surface area contributed by atoms with Gasteiger partial charge in [0, 0.05) is 22.7 Å². The van der Waals surface area contributed by atoms with Crippen molar-refractivity contribution in [1.29, 1.82) is 0 Å². The van der Waals surface area contributed by atoms with E-state index in [2.05, 4.69) is 10.6 Å². The molecule has 2 N–H and O–H groups in total. The standard InChI is InChI=1S/C27H27ClN2O4/c1-3-33-23-17-22(30-26(32)27(14-15-27)19-10-12-20(28)13-11-19)24(34-4-2)16-21(23)29-25(31)18-8-6-5-7-9-18/h5-13,16-17H,3-4,14-15H2,1-2H3,(H,29,31)(H,30,32). The number of rotatable bonds is 9. The summed E-state index contributed by atoms with van der Waals surface area (Å²) in [7, 11) is 0. The Kier molecular flexibility index (Phi) is 7.08. The van der Waals surface area contributed by atoms with Crippen LogP contribution in [-0.4, -0.2) is 25.0 Å². The van der Waals surface area contributed by atoms with Crippen LogP contribution in [0.1, 0.15) is 42.6 Å². The fourth-order valence-corrected chi connectivity index (χ4v) is 4.00. The lowest BCUT2D eigenvalue weighted by Gasteiger charge is -2.20. The first-order chi connectivity index (χ1) is 16.5. The van der Waals surface area contributed by atoms with Crippen LogP contribution in [0, 0.1) is 0 Å². The molecule has 0 saturated heterocycles. The minimum absolute atomic E-state index is 0.112. The monoisotopic (exact) mass is 478 g/mol. The Morgan fingerprint density at radius 1 is 0.853 bits per heavy atom. The molecule has 0 bridgehead atoms. The van der Waals surface area contributed by atoms with Gasteiger partial charge in [0.2, 0.25) is 5.91 Å². The largest absolute Gasteiger partial charge is 0.492 e. The number of nitrogens with one attached hydrogen (secondary N) is 2. The number of halogens is 1. The molecule has 1 aliphatic rings. The number of anilines is 2. The van der Waals surface area contributed by atoms with Crippen LogP contribution in [0.15, 0.2) is 66.7 Å². The summed E-state index contributed by atoms with van der Waals surface area (Å²) in [5.74, 6) is 0.524. The number of ether oxygens (including phenoxy) is 2. The maximum Gasteiger partial charge on any atom is 0.255 e. The molecule has 4 rings (SSSR count). The van der Waals surface area contributed by atoms with Crippen LogP contribution in [0.3, 0.4) is 0 Å². The third-order valence-corrected chi connectivity index (χ3v) is 6.05. The van der Waals surface area contributed by atoms with E-state index in [1.165, 1.54) is 0 Å². The van der Waals surface area contributed by atoms with Crippen molar-refractivity contribution in [3.8, 4) is 11.5 Å². The van der Waals surface area contributed by atoms with E-state index in [4.69, 9.17) is 21.1 Å². The predicted octanol–water partition coefficient (Wildman–Crippen LogP) is 6.06. The van der Waals surface area contributed by atoms with Crippen LogP contribution in [0.4, 0.5) is 11.4 Å². The molecule has 3 aromatic carbocycles. The summed E-state index contributed by atoms with van der Waals surface area (Å²) in [4.78, 5) is 26.1. The fourth-order valence-electron chi connectivity index (χ4n) is 3.87. The Bertz CT molecular complexity index is 1180. The molecule has 0 atom stereocenters. The third kappa shape index (κ3) is 5.02. The second-order valence-electron chi connectivity index (χ2n) is 8.07. The number of hydrogen-bond donors (Lipinski definition) is 2. The highest BCUT2D eigenvalue weighted by Crippen LogP contribution is 2.50. The van der Waals surface area contributed by atoms with Crippen molar-refractivity contribution in [1.82, 2.24) is 0 Å². The molecule has 0 spiro atoms. The van der Waals surface area contributed by atoms with Gasteiger partial charge in [-0.1, -0.05) is 41.9 Å². The highest BCUT2D eigenvalue weighted by molar-refractivity contribution is 6.30. The number of benzene rings is 3. The van der Waals surface area contributed by atoms with E-state index in [0.29, 0.717) is 46.7 Å². The smallest absolute Gasteiger partial charge is 0.255 e. The van der Waals surface area contributed by atoms with Gasteiger partial charge in [-0.05, 0) is 56.5 Å².